The van der Waals surface area contributed by atoms with E-state index < -0.39 is 5.97 Å². The van der Waals surface area contributed by atoms with Crippen LogP contribution in [-0.2, 0) is 4.79 Å². The molecule has 1 heterocycles. The second kappa shape index (κ2) is 7.84. The monoisotopic (exact) mass is 427 g/mol. The van der Waals surface area contributed by atoms with Crippen molar-refractivity contribution >= 4 is 39.0 Å². The highest BCUT2D eigenvalue weighted by Crippen LogP contribution is 2.20. The zero-order chi connectivity index (χ0) is 19.6. The number of halogens is 1. The third-order valence-corrected chi connectivity index (χ3v) is 4.33. The second-order valence-electron chi connectivity index (χ2n) is 6.28. The first-order chi connectivity index (χ1) is 12.9. The highest BCUT2D eigenvalue weighted by atomic mass is 79.9. The van der Waals surface area contributed by atoms with Gasteiger partial charge in [-0.1, -0.05) is 41.9 Å². The maximum atomic E-state index is 13.0. The molecule has 0 aliphatic carbocycles. The smallest absolute Gasteiger partial charge is 0.308 e. The Hall–Kier alpha value is -2.80. The van der Waals surface area contributed by atoms with E-state index in [1.54, 1.807) is 36.4 Å². The maximum Gasteiger partial charge on any atom is 0.308 e. The molecule has 0 saturated carbocycles. The predicted molar refractivity (Wildman–Crippen MR) is 109 cm³/mol. The van der Waals surface area contributed by atoms with Gasteiger partial charge in [0.25, 0.3) is 5.56 Å². The van der Waals surface area contributed by atoms with Crippen molar-refractivity contribution in [2.45, 2.75) is 26.7 Å². The van der Waals surface area contributed by atoms with E-state index in [0.717, 1.165) is 4.47 Å². The molecule has 0 unspecified atom stereocenters. The molecule has 3 rings (SSSR count). The minimum Gasteiger partial charge on any atom is -0.426 e. The first-order valence-electron chi connectivity index (χ1n) is 8.41. The van der Waals surface area contributed by atoms with Gasteiger partial charge < -0.3 is 4.74 Å². The molecule has 0 N–H and O–H groups in total. The van der Waals surface area contributed by atoms with E-state index in [4.69, 9.17) is 4.74 Å². The number of fused-ring (bicyclic) bond motifs is 1. The SMILES string of the molecule is CC(=O)Oc1ccccc1C=Nn1c(C(C)C)nc2ccc(Br)cc2c1=O. The lowest BCUT2D eigenvalue weighted by Gasteiger charge is -2.12. The molecule has 0 amide bonds. The number of carbonyl (C=O) groups excluding carboxylic acids is 1. The molecule has 2 aromatic carbocycles. The van der Waals surface area contributed by atoms with Crippen molar-refractivity contribution < 1.29 is 9.53 Å². The molecule has 0 atom stereocenters. The summed E-state index contributed by atoms with van der Waals surface area (Å²) in [6.45, 7) is 5.23. The molecule has 0 radical (unpaired) electrons. The summed E-state index contributed by atoms with van der Waals surface area (Å²) in [6.07, 6.45) is 1.50. The molecule has 0 fully saturated rings. The number of ether oxygens (including phenoxy) is 1. The second-order valence-corrected chi connectivity index (χ2v) is 7.19. The lowest BCUT2D eigenvalue weighted by molar-refractivity contribution is -0.131. The summed E-state index contributed by atoms with van der Waals surface area (Å²) >= 11 is 3.38. The first-order valence-corrected chi connectivity index (χ1v) is 9.20. The molecule has 0 saturated heterocycles. The average molecular weight is 428 g/mol. The Morgan fingerprint density at radius 1 is 1.26 bits per heavy atom. The molecule has 0 spiro atoms. The zero-order valence-electron chi connectivity index (χ0n) is 15.1. The molecule has 0 aliphatic rings. The topological polar surface area (TPSA) is 73.5 Å². The summed E-state index contributed by atoms with van der Waals surface area (Å²) in [5, 5.41) is 4.83. The van der Waals surface area contributed by atoms with Gasteiger partial charge in [-0.2, -0.15) is 9.78 Å². The molecular weight excluding hydrogens is 410 g/mol. The largest absolute Gasteiger partial charge is 0.426 e. The summed E-state index contributed by atoms with van der Waals surface area (Å²) in [4.78, 5) is 28.9. The van der Waals surface area contributed by atoms with Crippen LogP contribution in [0.25, 0.3) is 10.9 Å². The Morgan fingerprint density at radius 2 is 2.00 bits per heavy atom. The Labute approximate surface area is 164 Å². The van der Waals surface area contributed by atoms with Crippen LogP contribution in [0.1, 0.15) is 38.1 Å². The van der Waals surface area contributed by atoms with Crippen molar-refractivity contribution in [1.29, 1.82) is 0 Å². The molecule has 138 valence electrons. The summed E-state index contributed by atoms with van der Waals surface area (Å²) in [6, 6.07) is 12.4. The minimum absolute atomic E-state index is 0.00777. The van der Waals surface area contributed by atoms with Crippen LogP contribution in [-0.4, -0.2) is 21.8 Å². The van der Waals surface area contributed by atoms with E-state index in [1.807, 2.05) is 19.9 Å². The van der Waals surface area contributed by atoms with Gasteiger partial charge in [0.15, 0.2) is 0 Å². The summed E-state index contributed by atoms with van der Waals surface area (Å²) in [5.41, 5.74) is 0.952. The molecule has 1 aromatic heterocycles. The van der Waals surface area contributed by atoms with E-state index in [1.165, 1.54) is 17.8 Å². The van der Waals surface area contributed by atoms with Gasteiger partial charge in [0.2, 0.25) is 0 Å². The van der Waals surface area contributed by atoms with Crippen molar-refractivity contribution in [2.24, 2.45) is 5.10 Å². The van der Waals surface area contributed by atoms with Crippen LogP contribution in [0.5, 0.6) is 5.75 Å². The molecule has 0 aliphatic heterocycles. The van der Waals surface area contributed by atoms with Crippen molar-refractivity contribution in [3.8, 4) is 5.75 Å². The van der Waals surface area contributed by atoms with Crippen molar-refractivity contribution in [3.05, 3.63) is 68.7 Å². The van der Waals surface area contributed by atoms with Gasteiger partial charge in [-0.05, 0) is 30.3 Å². The van der Waals surface area contributed by atoms with Gasteiger partial charge in [0.1, 0.15) is 11.6 Å². The van der Waals surface area contributed by atoms with E-state index in [9.17, 15) is 9.59 Å². The summed E-state index contributed by atoms with van der Waals surface area (Å²) in [5.74, 6) is 0.500. The number of hydrogen-bond acceptors (Lipinski definition) is 5. The maximum absolute atomic E-state index is 13.0. The van der Waals surface area contributed by atoms with E-state index >= 15 is 0 Å². The van der Waals surface area contributed by atoms with Gasteiger partial charge in [-0.25, -0.2) is 4.98 Å². The third kappa shape index (κ3) is 4.14. The number of esters is 1. The number of rotatable bonds is 4. The number of nitrogens with zero attached hydrogens (tertiary/aromatic N) is 3. The lowest BCUT2D eigenvalue weighted by Crippen LogP contribution is -2.23. The summed E-state index contributed by atoms with van der Waals surface area (Å²) < 4.78 is 7.28. The van der Waals surface area contributed by atoms with Crippen LogP contribution in [0.4, 0.5) is 0 Å². The van der Waals surface area contributed by atoms with Crippen LogP contribution in [0.3, 0.4) is 0 Å². The number of para-hydroxylation sites is 1. The van der Waals surface area contributed by atoms with Crippen LogP contribution < -0.4 is 10.3 Å². The fourth-order valence-electron chi connectivity index (χ4n) is 2.61. The first kappa shape index (κ1) is 19.0. The Kier molecular flexibility index (Phi) is 5.51. The molecule has 6 nitrogen and oxygen atoms in total. The van der Waals surface area contributed by atoms with Gasteiger partial charge in [0.05, 0.1) is 17.1 Å². The van der Waals surface area contributed by atoms with Crippen LogP contribution in [0, 0.1) is 0 Å². The Bertz CT molecular complexity index is 1100. The molecule has 27 heavy (non-hydrogen) atoms. The normalized spacial score (nSPS) is 11.4. The minimum atomic E-state index is -0.423. The fraction of sp³-hybridized carbons (Fsp3) is 0.200. The molecule has 3 aromatic rings. The Morgan fingerprint density at radius 3 is 2.70 bits per heavy atom. The third-order valence-electron chi connectivity index (χ3n) is 3.83. The van der Waals surface area contributed by atoms with Crippen LogP contribution in [0.2, 0.25) is 0 Å². The van der Waals surface area contributed by atoms with Gasteiger partial charge in [-0.15, -0.1) is 0 Å². The quantitative estimate of drug-likeness (QED) is 0.357. The van der Waals surface area contributed by atoms with E-state index in [0.29, 0.717) is 28.0 Å². The number of benzene rings is 2. The van der Waals surface area contributed by atoms with Crippen molar-refractivity contribution in [1.82, 2.24) is 9.66 Å². The van der Waals surface area contributed by atoms with E-state index in [2.05, 4.69) is 26.0 Å². The van der Waals surface area contributed by atoms with Crippen molar-refractivity contribution in [3.63, 3.8) is 0 Å². The average Bonchev–Trinajstić information content (AvgIpc) is 2.61. The molecule has 0 bridgehead atoms. The van der Waals surface area contributed by atoms with Crippen LogP contribution >= 0.6 is 15.9 Å². The standard InChI is InChI=1S/C20H18BrN3O3/c1-12(2)19-23-17-9-8-15(21)10-16(17)20(26)24(19)22-11-14-6-4-5-7-18(14)27-13(3)25/h4-12H,1-3H3. The van der Waals surface area contributed by atoms with Gasteiger partial charge in [-0.3, -0.25) is 9.59 Å². The zero-order valence-corrected chi connectivity index (χ0v) is 16.7. The number of aromatic nitrogens is 2. The highest BCUT2D eigenvalue weighted by molar-refractivity contribution is 9.10. The van der Waals surface area contributed by atoms with Crippen molar-refractivity contribution in [2.75, 3.05) is 0 Å². The lowest BCUT2D eigenvalue weighted by atomic mass is 10.2. The van der Waals surface area contributed by atoms with Gasteiger partial charge >= 0.3 is 5.97 Å². The molecular formula is C20H18BrN3O3. The van der Waals surface area contributed by atoms with Gasteiger partial charge in [0, 0.05) is 22.9 Å². The van der Waals surface area contributed by atoms with E-state index in [-0.39, 0.29) is 11.5 Å². The summed E-state index contributed by atoms with van der Waals surface area (Å²) in [7, 11) is 0. The fourth-order valence-corrected chi connectivity index (χ4v) is 2.97. The predicted octanol–water partition coefficient (Wildman–Crippen LogP) is 4.09. The highest BCUT2D eigenvalue weighted by Gasteiger charge is 2.14. The van der Waals surface area contributed by atoms with Crippen LogP contribution in [0.15, 0.2) is 56.8 Å². The number of hydrogen-bond donors (Lipinski definition) is 0. The number of carbonyl (C=O) groups is 1. The molecule has 7 heteroatoms. The Balaban J connectivity index is 2.16.